The van der Waals surface area contributed by atoms with Gasteiger partial charge in [0, 0.05) is 11.1 Å². The lowest BCUT2D eigenvalue weighted by atomic mass is 10.2. The maximum absolute atomic E-state index is 13.2. The number of carboxylic acid groups (broad SMARTS) is 1. The van der Waals surface area contributed by atoms with E-state index in [0.29, 0.717) is 5.02 Å². The Balaban J connectivity index is 2.11. The molecule has 0 aliphatic rings. The third-order valence-electron chi connectivity index (χ3n) is 2.44. The molecule has 19 heavy (non-hydrogen) atoms. The quantitative estimate of drug-likeness (QED) is 0.927. The van der Waals surface area contributed by atoms with Crippen molar-refractivity contribution in [2.24, 2.45) is 0 Å². The Kier molecular flexibility index (Phi) is 4.02. The van der Waals surface area contributed by atoms with E-state index in [9.17, 15) is 9.18 Å². The average Bonchev–Trinajstić information content (AvgIpc) is 2.37. The fraction of sp³-hybridized carbons (Fsp3) is 0.0714. The van der Waals surface area contributed by atoms with Gasteiger partial charge in [0.25, 0.3) is 0 Å². The summed E-state index contributed by atoms with van der Waals surface area (Å²) in [7, 11) is 0. The van der Waals surface area contributed by atoms with Crippen molar-refractivity contribution in [1.29, 1.82) is 0 Å². The second kappa shape index (κ2) is 5.71. The van der Waals surface area contributed by atoms with Crippen molar-refractivity contribution in [3.05, 3.63) is 64.4 Å². The Labute approximate surface area is 114 Å². The van der Waals surface area contributed by atoms with E-state index in [2.05, 4.69) is 0 Å². The molecule has 0 heterocycles. The van der Waals surface area contributed by atoms with Crippen LogP contribution in [0.2, 0.25) is 5.02 Å². The van der Waals surface area contributed by atoms with E-state index >= 15 is 0 Å². The van der Waals surface area contributed by atoms with Crippen LogP contribution in [-0.4, -0.2) is 11.1 Å². The fourth-order valence-corrected chi connectivity index (χ4v) is 1.64. The lowest BCUT2D eigenvalue weighted by Crippen LogP contribution is -2.00. The van der Waals surface area contributed by atoms with Crippen molar-refractivity contribution >= 4 is 17.6 Å². The summed E-state index contributed by atoms with van der Waals surface area (Å²) in [5.74, 6) is -1.67. The van der Waals surface area contributed by atoms with Crippen LogP contribution in [0.3, 0.4) is 0 Å². The Hall–Kier alpha value is -2.07. The maximum Gasteiger partial charge on any atom is 0.335 e. The Morgan fingerprint density at radius 1 is 1.21 bits per heavy atom. The number of hydrogen-bond donors (Lipinski definition) is 1. The Morgan fingerprint density at radius 3 is 2.53 bits per heavy atom. The minimum atomic E-state index is -1.20. The molecule has 0 aliphatic heterocycles. The van der Waals surface area contributed by atoms with Crippen LogP contribution in [0, 0.1) is 5.82 Å². The van der Waals surface area contributed by atoms with Crippen molar-refractivity contribution in [1.82, 2.24) is 0 Å². The molecule has 0 spiro atoms. The first-order valence-corrected chi connectivity index (χ1v) is 5.83. The monoisotopic (exact) mass is 280 g/mol. The van der Waals surface area contributed by atoms with Crippen molar-refractivity contribution < 1.29 is 19.0 Å². The number of carboxylic acids is 1. The normalized spacial score (nSPS) is 10.2. The minimum absolute atomic E-state index is 0.147. The molecule has 0 saturated carbocycles. The molecule has 0 aliphatic carbocycles. The van der Waals surface area contributed by atoms with Gasteiger partial charge < -0.3 is 9.84 Å². The summed E-state index contributed by atoms with van der Waals surface area (Å²) in [6.45, 7) is 0.208. The lowest BCUT2D eigenvalue weighted by molar-refractivity contribution is 0.0695. The molecule has 3 nitrogen and oxygen atoms in total. The van der Waals surface area contributed by atoms with Gasteiger partial charge >= 0.3 is 5.97 Å². The molecule has 98 valence electrons. The fourth-order valence-electron chi connectivity index (χ4n) is 1.52. The predicted molar refractivity (Wildman–Crippen MR) is 69.1 cm³/mol. The molecule has 0 bridgehead atoms. The molecule has 0 unspecified atom stereocenters. The summed E-state index contributed by atoms with van der Waals surface area (Å²) < 4.78 is 18.6. The molecule has 2 aromatic carbocycles. The van der Waals surface area contributed by atoms with Crippen LogP contribution < -0.4 is 4.74 Å². The second-order valence-corrected chi connectivity index (χ2v) is 4.33. The van der Waals surface area contributed by atoms with Crippen molar-refractivity contribution in [3.8, 4) is 5.75 Å². The van der Waals surface area contributed by atoms with Gasteiger partial charge in [0.15, 0.2) is 0 Å². The van der Waals surface area contributed by atoms with Crippen LogP contribution in [0.5, 0.6) is 5.75 Å². The second-order valence-electron chi connectivity index (χ2n) is 3.90. The van der Waals surface area contributed by atoms with Crippen LogP contribution in [0.4, 0.5) is 4.39 Å². The average molecular weight is 281 g/mol. The standard InChI is InChI=1S/C14H10ClFO3/c15-11-3-1-9(2-4-11)8-19-13-6-10(14(17)18)5-12(16)7-13/h1-7H,8H2,(H,17,18). The largest absolute Gasteiger partial charge is 0.489 e. The molecule has 0 atom stereocenters. The summed E-state index contributed by atoms with van der Waals surface area (Å²) in [5.41, 5.74) is 0.705. The van der Waals surface area contributed by atoms with Crippen LogP contribution in [-0.2, 0) is 6.61 Å². The molecule has 0 amide bonds. The summed E-state index contributed by atoms with van der Waals surface area (Å²) in [5, 5.41) is 9.43. The lowest BCUT2D eigenvalue weighted by Gasteiger charge is -2.07. The van der Waals surface area contributed by atoms with Gasteiger partial charge in [0.1, 0.15) is 18.2 Å². The minimum Gasteiger partial charge on any atom is -0.489 e. The van der Waals surface area contributed by atoms with Gasteiger partial charge in [0.2, 0.25) is 0 Å². The van der Waals surface area contributed by atoms with E-state index < -0.39 is 11.8 Å². The summed E-state index contributed by atoms with van der Waals surface area (Å²) in [6, 6.07) is 10.4. The van der Waals surface area contributed by atoms with E-state index in [1.54, 1.807) is 24.3 Å². The van der Waals surface area contributed by atoms with Gasteiger partial charge in [-0.05, 0) is 29.8 Å². The van der Waals surface area contributed by atoms with Crippen molar-refractivity contribution in [2.75, 3.05) is 0 Å². The zero-order valence-electron chi connectivity index (χ0n) is 9.77. The summed E-state index contributed by atoms with van der Waals surface area (Å²) >= 11 is 5.75. The molecule has 2 rings (SSSR count). The van der Waals surface area contributed by atoms with Crippen LogP contribution in [0.1, 0.15) is 15.9 Å². The molecule has 0 aromatic heterocycles. The molecule has 0 saturated heterocycles. The Bertz CT molecular complexity index is 596. The number of rotatable bonds is 4. The van der Waals surface area contributed by atoms with Gasteiger partial charge in [-0.15, -0.1) is 0 Å². The molecule has 2 aromatic rings. The highest BCUT2D eigenvalue weighted by Gasteiger charge is 2.08. The van der Waals surface area contributed by atoms with Crippen LogP contribution >= 0.6 is 11.6 Å². The van der Waals surface area contributed by atoms with Gasteiger partial charge in [-0.2, -0.15) is 0 Å². The van der Waals surface area contributed by atoms with Gasteiger partial charge in [0.05, 0.1) is 5.56 Å². The first-order chi connectivity index (χ1) is 9.04. The third kappa shape index (κ3) is 3.69. The first-order valence-electron chi connectivity index (χ1n) is 5.46. The zero-order valence-corrected chi connectivity index (χ0v) is 10.5. The number of benzene rings is 2. The predicted octanol–water partition coefficient (Wildman–Crippen LogP) is 3.76. The highest BCUT2D eigenvalue weighted by Crippen LogP contribution is 2.18. The van der Waals surface area contributed by atoms with Crippen molar-refractivity contribution in [2.45, 2.75) is 6.61 Å². The summed E-state index contributed by atoms with van der Waals surface area (Å²) in [6.07, 6.45) is 0. The first kappa shape index (κ1) is 13.4. The summed E-state index contributed by atoms with van der Waals surface area (Å²) in [4.78, 5) is 10.8. The van der Waals surface area contributed by atoms with E-state index in [1.165, 1.54) is 6.07 Å². The molecule has 5 heteroatoms. The Morgan fingerprint density at radius 2 is 1.89 bits per heavy atom. The van der Waals surface area contributed by atoms with Gasteiger partial charge in [-0.25, -0.2) is 9.18 Å². The highest BCUT2D eigenvalue weighted by molar-refractivity contribution is 6.30. The van der Waals surface area contributed by atoms with Crippen LogP contribution in [0.15, 0.2) is 42.5 Å². The molecular weight excluding hydrogens is 271 g/mol. The molecule has 0 radical (unpaired) electrons. The number of aromatic carboxylic acids is 1. The maximum atomic E-state index is 13.2. The number of hydrogen-bond acceptors (Lipinski definition) is 2. The van der Waals surface area contributed by atoms with Crippen molar-refractivity contribution in [3.63, 3.8) is 0 Å². The molecule has 0 fully saturated rings. The highest BCUT2D eigenvalue weighted by atomic mass is 35.5. The molecule has 1 N–H and O–H groups in total. The SMILES string of the molecule is O=C(O)c1cc(F)cc(OCc2ccc(Cl)cc2)c1. The van der Waals surface area contributed by atoms with Gasteiger partial charge in [-0.3, -0.25) is 0 Å². The molecular formula is C14H10ClFO3. The van der Waals surface area contributed by atoms with E-state index in [0.717, 1.165) is 17.7 Å². The van der Waals surface area contributed by atoms with Gasteiger partial charge in [-0.1, -0.05) is 23.7 Å². The number of carbonyl (C=O) groups is 1. The number of ether oxygens (including phenoxy) is 1. The number of halogens is 2. The zero-order chi connectivity index (χ0) is 13.8. The van der Waals surface area contributed by atoms with E-state index in [4.69, 9.17) is 21.4 Å². The van der Waals surface area contributed by atoms with Crippen LogP contribution in [0.25, 0.3) is 0 Å². The smallest absolute Gasteiger partial charge is 0.335 e. The topological polar surface area (TPSA) is 46.5 Å². The third-order valence-corrected chi connectivity index (χ3v) is 2.69. The van der Waals surface area contributed by atoms with E-state index in [-0.39, 0.29) is 17.9 Å². The van der Waals surface area contributed by atoms with E-state index in [1.807, 2.05) is 0 Å².